The predicted molar refractivity (Wildman–Crippen MR) is 82.9 cm³/mol. The van der Waals surface area contributed by atoms with Crippen LogP contribution in [0.15, 0.2) is 5.38 Å². The molecule has 0 bridgehead atoms. The highest BCUT2D eigenvalue weighted by atomic mass is 32.1. The standard InChI is InChI=1S/C12H15N5OS2/c1-17(2)12-15-9(13)8(20-12)10(18)16-11-14-7(5-19-11)6-3-4-6/h5-6H,3-4,13H2,1-2H3,(H,14,16,18). The van der Waals surface area contributed by atoms with E-state index in [1.54, 1.807) is 0 Å². The summed E-state index contributed by atoms with van der Waals surface area (Å²) in [7, 11) is 3.73. The Balaban J connectivity index is 1.74. The number of nitrogens with zero attached hydrogens (tertiary/aromatic N) is 3. The van der Waals surface area contributed by atoms with Crippen LogP contribution in [-0.2, 0) is 0 Å². The third-order valence-electron chi connectivity index (χ3n) is 2.97. The molecule has 0 spiro atoms. The molecule has 8 heteroatoms. The fourth-order valence-corrected chi connectivity index (χ4v) is 3.33. The molecule has 2 aromatic heterocycles. The van der Waals surface area contributed by atoms with Gasteiger partial charge in [0, 0.05) is 25.4 Å². The van der Waals surface area contributed by atoms with Crippen LogP contribution in [0.3, 0.4) is 0 Å². The van der Waals surface area contributed by atoms with Gasteiger partial charge in [0.1, 0.15) is 10.7 Å². The summed E-state index contributed by atoms with van der Waals surface area (Å²) >= 11 is 2.72. The maximum atomic E-state index is 12.2. The molecule has 0 unspecified atom stereocenters. The molecule has 20 heavy (non-hydrogen) atoms. The Hall–Kier alpha value is -1.67. The average Bonchev–Trinajstić information content (AvgIpc) is 3.01. The fourth-order valence-electron chi connectivity index (χ4n) is 1.74. The molecular formula is C12H15N5OS2. The number of hydrogen-bond acceptors (Lipinski definition) is 7. The summed E-state index contributed by atoms with van der Waals surface area (Å²) in [6.45, 7) is 0. The molecule has 106 valence electrons. The summed E-state index contributed by atoms with van der Waals surface area (Å²) in [5.41, 5.74) is 6.87. The number of carbonyl (C=O) groups excluding carboxylic acids is 1. The van der Waals surface area contributed by atoms with Gasteiger partial charge in [-0.05, 0) is 12.8 Å². The molecule has 1 saturated carbocycles. The molecular weight excluding hydrogens is 294 g/mol. The minimum Gasteiger partial charge on any atom is -0.382 e. The van der Waals surface area contributed by atoms with Gasteiger partial charge in [0.2, 0.25) is 0 Å². The van der Waals surface area contributed by atoms with Crippen LogP contribution in [0.4, 0.5) is 16.1 Å². The molecule has 1 amide bonds. The number of nitrogen functional groups attached to an aromatic ring is 1. The van der Waals surface area contributed by atoms with E-state index < -0.39 is 0 Å². The van der Waals surface area contributed by atoms with Crippen molar-refractivity contribution in [1.29, 1.82) is 0 Å². The maximum absolute atomic E-state index is 12.2. The number of hydrogen-bond donors (Lipinski definition) is 2. The van der Waals surface area contributed by atoms with Gasteiger partial charge in [-0.1, -0.05) is 11.3 Å². The Labute approximate surface area is 124 Å². The van der Waals surface area contributed by atoms with Crippen molar-refractivity contribution < 1.29 is 4.79 Å². The van der Waals surface area contributed by atoms with E-state index in [0.717, 1.165) is 5.69 Å². The number of aromatic nitrogens is 2. The van der Waals surface area contributed by atoms with Crippen LogP contribution in [0.25, 0.3) is 0 Å². The lowest BCUT2D eigenvalue weighted by Gasteiger charge is -2.04. The summed E-state index contributed by atoms with van der Waals surface area (Å²) in [5, 5.41) is 6.14. The Bertz CT molecular complexity index is 644. The SMILES string of the molecule is CN(C)c1nc(N)c(C(=O)Nc2nc(C3CC3)cs2)s1. The van der Waals surface area contributed by atoms with Crippen molar-refractivity contribution in [3.8, 4) is 0 Å². The number of nitrogens with one attached hydrogen (secondary N) is 1. The first-order chi connectivity index (χ1) is 9.54. The van der Waals surface area contributed by atoms with E-state index in [4.69, 9.17) is 5.73 Å². The first kappa shape index (κ1) is 13.3. The first-order valence-corrected chi connectivity index (χ1v) is 7.94. The highest BCUT2D eigenvalue weighted by Gasteiger charge is 2.26. The van der Waals surface area contributed by atoms with Gasteiger partial charge >= 0.3 is 0 Å². The molecule has 1 aliphatic carbocycles. The quantitative estimate of drug-likeness (QED) is 0.906. The smallest absolute Gasteiger partial charge is 0.271 e. The molecule has 1 aliphatic rings. The van der Waals surface area contributed by atoms with E-state index in [0.29, 0.717) is 21.1 Å². The van der Waals surface area contributed by atoms with Crippen LogP contribution < -0.4 is 16.0 Å². The van der Waals surface area contributed by atoms with E-state index in [-0.39, 0.29) is 11.7 Å². The third kappa shape index (κ3) is 2.61. The molecule has 3 rings (SSSR count). The number of carbonyl (C=O) groups is 1. The molecule has 1 fully saturated rings. The number of nitrogens with two attached hydrogens (primary N) is 1. The summed E-state index contributed by atoms with van der Waals surface area (Å²) in [4.78, 5) is 23.0. The second-order valence-corrected chi connectivity index (χ2v) is 6.75. The van der Waals surface area contributed by atoms with Crippen molar-refractivity contribution in [2.24, 2.45) is 0 Å². The topological polar surface area (TPSA) is 84.1 Å². The molecule has 0 atom stereocenters. The lowest BCUT2D eigenvalue weighted by molar-refractivity contribution is 0.103. The van der Waals surface area contributed by atoms with E-state index in [9.17, 15) is 4.79 Å². The second kappa shape index (κ2) is 5.02. The van der Waals surface area contributed by atoms with Gasteiger partial charge in [-0.15, -0.1) is 11.3 Å². The van der Waals surface area contributed by atoms with Gasteiger partial charge in [0.15, 0.2) is 10.3 Å². The van der Waals surface area contributed by atoms with Gasteiger partial charge in [-0.2, -0.15) is 0 Å². The van der Waals surface area contributed by atoms with Crippen LogP contribution in [0.2, 0.25) is 0 Å². The van der Waals surface area contributed by atoms with Crippen LogP contribution >= 0.6 is 22.7 Å². The van der Waals surface area contributed by atoms with Crippen LogP contribution in [-0.4, -0.2) is 30.0 Å². The molecule has 3 N–H and O–H groups in total. The zero-order valence-corrected chi connectivity index (χ0v) is 12.8. The normalized spacial score (nSPS) is 14.3. The molecule has 2 heterocycles. The van der Waals surface area contributed by atoms with E-state index >= 15 is 0 Å². The summed E-state index contributed by atoms with van der Waals surface area (Å²) in [6.07, 6.45) is 2.40. The predicted octanol–water partition coefficient (Wildman–Crippen LogP) is 2.38. The Morgan fingerprint density at radius 2 is 2.20 bits per heavy atom. The molecule has 0 aliphatic heterocycles. The minimum absolute atomic E-state index is 0.246. The van der Waals surface area contributed by atoms with Crippen LogP contribution in [0, 0.1) is 0 Å². The second-order valence-electron chi connectivity index (χ2n) is 4.91. The summed E-state index contributed by atoms with van der Waals surface area (Å²) in [5.74, 6) is 0.602. The lowest BCUT2D eigenvalue weighted by Crippen LogP contribution is -2.12. The molecule has 0 radical (unpaired) electrons. The van der Waals surface area contributed by atoms with Crippen molar-refractivity contribution in [2.75, 3.05) is 30.0 Å². The largest absolute Gasteiger partial charge is 0.382 e. The zero-order chi connectivity index (χ0) is 14.3. The Morgan fingerprint density at radius 1 is 1.45 bits per heavy atom. The van der Waals surface area contributed by atoms with E-state index in [1.165, 1.54) is 35.5 Å². The van der Waals surface area contributed by atoms with Crippen molar-refractivity contribution in [3.63, 3.8) is 0 Å². The summed E-state index contributed by atoms with van der Waals surface area (Å²) in [6, 6.07) is 0. The van der Waals surface area contributed by atoms with Crippen molar-refractivity contribution in [1.82, 2.24) is 9.97 Å². The fraction of sp³-hybridized carbons (Fsp3) is 0.417. The van der Waals surface area contributed by atoms with Gasteiger partial charge in [0.25, 0.3) is 5.91 Å². The monoisotopic (exact) mass is 309 g/mol. The number of rotatable bonds is 4. The summed E-state index contributed by atoms with van der Waals surface area (Å²) < 4.78 is 0. The first-order valence-electron chi connectivity index (χ1n) is 6.25. The Kier molecular flexibility index (Phi) is 3.35. The highest BCUT2D eigenvalue weighted by molar-refractivity contribution is 7.18. The molecule has 0 saturated heterocycles. The van der Waals surface area contributed by atoms with Gasteiger partial charge < -0.3 is 10.6 Å². The van der Waals surface area contributed by atoms with Crippen molar-refractivity contribution >= 4 is 44.7 Å². The highest BCUT2D eigenvalue weighted by Crippen LogP contribution is 2.41. The van der Waals surface area contributed by atoms with Crippen LogP contribution in [0.5, 0.6) is 0 Å². The van der Waals surface area contributed by atoms with E-state index in [1.807, 2.05) is 24.4 Å². The van der Waals surface area contributed by atoms with Crippen molar-refractivity contribution in [2.45, 2.75) is 18.8 Å². The molecule has 0 aromatic carbocycles. The average molecular weight is 309 g/mol. The van der Waals surface area contributed by atoms with Gasteiger partial charge in [0.05, 0.1) is 5.69 Å². The zero-order valence-electron chi connectivity index (χ0n) is 11.2. The number of amides is 1. The maximum Gasteiger partial charge on any atom is 0.271 e. The van der Waals surface area contributed by atoms with E-state index in [2.05, 4.69) is 15.3 Å². The van der Waals surface area contributed by atoms with Gasteiger partial charge in [-0.25, -0.2) is 9.97 Å². The van der Waals surface area contributed by atoms with Gasteiger partial charge in [-0.3, -0.25) is 10.1 Å². The molecule has 6 nitrogen and oxygen atoms in total. The van der Waals surface area contributed by atoms with Crippen LogP contribution in [0.1, 0.15) is 34.1 Å². The number of anilines is 3. The number of thiazole rings is 2. The van der Waals surface area contributed by atoms with Crippen molar-refractivity contribution in [3.05, 3.63) is 16.0 Å². The molecule has 2 aromatic rings. The minimum atomic E-state index is -0.246. The third-order valence-corrected chi connectivity index (χ3v) is 4.98. The Morgan fingerprint density at radius 3 is 2.80 bits per heavy atom. The lowest BCUT2D eigenvalue weighted by atomic mass is 10.3.